The number of halogens is 2. The highest BCUT2D eigenvalue weighted by molar-refractivity contribution is 9.10. The zero-order valence-electron chi connectivity index (χ0n) is 10.6. The number of likely N-dealkylation sites (N-methyl/N-ethyl adjacent to an activating group) is 1. The van der Waals surface area contributed by atoms with Crippen LogP contribution in [0.5, 0.6) is 0 Å². The maximum atomic E-state index is 13.3. The van der Waals surface area contributed by atoms with Gasteiger partial charge in [0.2, 0.25) is 0 Å². The molecule has 0 unspecified atom stereocenters. The average molecular weight is 303 g/mol. The number of nitrogens with one attached hydrogen (secondary N) is 1. The number of hydrogen-bond donors (Lipinski definition) is 1. The van der Waals surface area contributed by atoms with Gasteiger partial charge >= 0.3 is 0 Å². The summed E-state index contributed by atoms with van der Waals surface area (Å²) in [7, 11) is 2.04. The Morgan fingerprint density at radius 3 is 2.76 bits per heavy atom. The fourth-order valence-electron chi connectivity index (χ4n) is 1.58. The zero-order chi connectivity index (χ0) is 12.8. The summed E-state index contributed by atoms with van der Waals surface area (Å²) in [6.07, 6.45) is 0. The molecule has 0 amide bonds. The molecule has 1 rings (SSSR count). The first-order valence-corrected chi connectivity index (χ1v) is 6.65. The summed E-state index contributed by atoms with van der Waals surface area (Å²) in [5.74, 6) is -0.198. The molecule has 0 saturated heterocycles. The Kier molecular flexibility index (Phi) is 6.09. The lowest BCUT2D eigenvalue weighted by Crippen LogP contribution is -2.32. The molecule has 1 aromatic rings. The Balaban J connectivity index is 2.45. The first kappa shape index (κ1) is 14.6. The van der Waals surface area contributed by atoms with Crippen molar-refractivity contribution < 1.29 is 4.39 Å². The fraction of sp³-hybridized carbons (Fsp3) is 0.538. The molecule has 0 saturated carbocycles. The SMILES string of the molecule is CC(C)NCCN(C)Cc1cccc(F)c1Br. The molecule has 1 aromatic carbocycles. The molecule has 4 heteroatoms. The molecule has 0 radical (unpaired) electrons. The van der Waals surface area contributed by atoms with Crippen molar-refractivity contribution in [1.82, 2.24) is 10.2 Å². The van der Waals surface area contributed by atoms with Crippen molar-refractivity contribution in [2.75, 3.05) is 20.1 Å². The van der Waals surface area contributed by atoms with Gasteiger partial charge in [0, 0.05) is 25.7 Å². The summed E-state index contributed by atoms with van der Waals surface area (Å²) in [6.45, 7) is 6.90. The van der Waals surface area contributed by atoms with Gasteiger partial charge in [0.1, 0.15) is 5.82 Å². The van der Waals surface area contributed by atoms with Crippen LogP contribution < -0.4 is 5.32 Å². The van der Waals surface area contributed by atoms with Crippen molar-refractivity contribution in [3.8, 4) is 0 Å². The molecule has 0 heterocycles. The van der Waals surface area contributed by atoms with Gasteiger partial charge < -0.3 is 10.2 Å². The highest BCUT2D eigenvalue weighted by atomic mass is 79.9. The number of hydrogen-bond acceptors (Lipinski definition) is 2. The summed E-state index contributed by atoms with van der Waals surface area (Å²) in [6, 6.07) is 5.66. The van der Waals surface area contributed by atoms with Gasteiger partial charge in [0.15, 0.2) is 0 Å². The van der Waals surface area contributed by atoms with Crippen LogP contribution in [0.1, 0.15) is 19.4 Å². The quantitative estimate of drug-likeness (QED) is 0.869. The minimum absolute atomic E-state index is 0.198. The van der Waals surface area contributed by atoms with Crippen molar-refractivity contribution >= 4 is 15.9 Å². The molecule has 2 nitrogen and oxygen atoms in total. The second-order valence-electron chi connectivity index (χ2n) is 4.56. The van der Waals surface area contributed by atoms with E-state index in [0.717, 1.165) is 25.2 Å². The number of rotatable bonds is 6. The van der Waals surface area contributed by atoms with E-state index in [1.54, 1.807) is 6.07 Å². The third-order valence-electron chi connectivity index (χ3n) is 2.52. The van der Waals surface area contributed by atoms with E-state index < -0.39 is 0 Å². The van der Waals surface area contributed by atoms with Crippen LogP contribution in [0.3, 0.4) is 0 Å². The van der Waals surface area contributed by atoms with Gasteiger partial charge in [0.25, 0.3) is 0 Å². The third-order valence-corrected chi connectivity index (χ3v) is 3.41. The van der Waals surface area contributed by atoms with E-state index in [-0.39, 0.29) is 5.82 Å². The monoisotopic (exact) mass is 302 g/mol. The van der Waals surface area contributed by atoms with E-state index >= 15 is 0 Å². The lowest BCUT2D eigenvalue weighted by atomic mass is 10.2. The van der Waals surface area contributed by atoms with Gasteiger partial charge in [0.05, 0.1) is 4.47 Å². The molecule has 0 aromatic heterocycles. The standard InChI is InChI=1S/C13H20BrFN2/c1-10(2)16-7-8-17(3)9-11-5-4-6-12(15)13(11)14/h4-6,10,16H,7-9H2,1-3H3. The summed E-state index contributed by atoms with van der Waals surface area (Å²) in [4.78, 5) is 2.18. The van der Waals surface area contributed by atoms with Gasteiger partial charge in [-0.2, -0.15) is 0 Å². The van der Waals surface area contributed by atoms with Crippen LogP contribution in [0.25, 0.3) is 0 Å². The van der Waals surface area contributed by atoms with E-state index in [9.17, 15) is 4.39 Å². The second-order valence-corrected chi connectivity index (χ2v) is 5.35. The molecule has 1 N–H and O–H groups in total. The van der Waals surface area contributed by atoms with Gasteiger partial charge in [-0.3, -0.25) is 0 Å². The maximum Gasteiger partial charge on any atom is 0.137 e. The Bertz CT molecular complexity index is 355. The van der Waals surface area contributed by atoms with Crippen molar-refractivity contribution in [1.29, 1.82) is 0 Å². The van der Waals surface area contributed by atoms with E-state index in [4.69, 9.17) is 0 Å². The lowest BCUT2D eigenvalue weighted by Gasteiger charge is -2.18. The van der Waals surface area contributed by atoms with E-state index in [0.29, 0.717) is 10.5 Å². The molecule has 0 aliphatic heterocycles. The Morgan fingerprint density at radius 2 is 2.12 bits per heavy atom. The molecule has 0 aliphatic rings. The van der Waals surface area contributed by atoms with Crippen LogP contribution in [0.4, 0.5) is 4.39 Å². The molecular formula is C13H20BrFN2. The van der Waals surface area contributed by atoms with E-state index in [1.165, 1.54) is 6.07 Å². The molecule has 0 atom stereocenters. The molecule has 17 heavy (non-hydrogen) atoms. The molecule has 0 aliphatic carbocycles. The van der Waals surface area contributed by atoms with Crippen LogP contribution >= 0.6 is 15.9 Å². The van der Waals surface area contributed by atoms with Gasteiger partial charge in [-0.15, -0.1) is 0 Å². The largest absolute Gasteiger partial charge is 0.313 e. The van der Waals surface area contributed by atoms with Crippen LogP contribution in [0.15, 0.2) is 22.7 Å². The summed E-state index contributed by atoms with van der Waals surface area (Å²) < 4.78 is 13.9. The van der Waals surface area contributed by atoms with Crippen molar-refractivity contribution in [3.05, 3.63) is 34.1 Å². The average Bonchev–Trinajstić information content (AvgIpc) is 2.24. The first-order valence-electron chi connectivity index (χ1n) is 5.85. The molecule has 0 spiro atoms. The molecule has 0 fully saturated rings. The maximum absolute atomic E-state index is 13.3. The molecule has 96 valence electrons. The smallest absolute Gasteiger partial charge is 0.137 e. The van der Waals surface area contributed by atoms with Crippen LogP contribution in [0.2, 0.25) is 0 Å². The van der Waals surface area contributed by atoms with Gasteiger partial charge in [-0.05, 0) is 34.6 Å². The van der Waals surface area contributed by atoms with Crippen molar-refractivity contribution in [3.63, 3.8) is 0 Å². The van der Waals surface area contributed by atoms with Crippen molar-refractivity contribution in [2.24, 2.45) is 0 Å². The first-order chi connectivity index (χ1) is 8.00. The Hall–Kier alpha value is -0.450. The van der Waals surface area contributed by atoms with Crippen LogP contribution in [0, 0.1) is 5.82 Å². The van der Waals surface area contributed by atoms with E-state index in [2.05, 4.69) is 40.0 Å². The Labute approximate surface area is 111 Å². The van der Waals surface area contributed by atoms with Crippen molar-refractivity contribution in [2.45, 2.75) is 26.4 Å². The van der Waals surface area contributed by atoms with Crippen LogP contribution in [-0.2, 0) is 6.54 Å². The predicted molar refractivity (Wildman–Crippen MR) is 73.6 cm³/mol. The summed E-state index contributed by atoms with van der Waals surface area (Å²) in [5.41, 5.74) is 0.983. The normalized spacial score (nSPS) is 11.5. The lowest BCUT2D eigenvalue weighted by molar-refractivity contribution is 0.319. The van der Waals surface area contributed by atoms with Gasteiger partial charge in [-0.1, -0.05) is 26.0 Å². The highest BCUT2D eigenvalue weighted by Gasteiger charge is 2.07. The number of benzene rings is 1. The zero-order valence-corrected chi connectivity index (χ0v) is 12.2. The summed E-state index contributed by atoms with van der Waals surface area (Å²) in [5, 5.41) is 3.36. The second kappa shape index (κ2) is 7.09. The molecule has 0 bridgehead atoms. The third kappa shape index (κ3) is 5.15. The minimum Gasteiger partial charge on any atom is -0.313 e. The minimum atomic E-state index is -0.198. The number of nitrogens with zero attached hydrogens (tertiary/aromatic N) is 1. The fourth-order valence-corrected chi connectivity index (χ4v) is 1.97. The Morgan fingerprint density at radius 1 is 1.41 bits per heavy atom. The molecular weight excluding hydrogens is 283 g/mol. The predicted octanol–water partition coefficient (Wildman–Crippen LogP) is 3.02. The highest BCUT2D eigenvalue weighted by Crippen LogP contribution is 2.21. The van der Waals surface area contributed by atoms with Gasteiger partial charge in [-0.25, -0.2) is 4.39 Å². The van der Waals surface area contributed by atoms with E-state index in [1.807, 2.05) is 13.1 Å². The summed E-state index contributed by atoms with van der Waals surface area (Å²) >= 11 is 3.28. The topological polar surface area (TPSA) is 15.3 Å². The van der Waals surface area contributed by atoms with Crippen LogP contribution in [-0.4, -0.2) is 31.1 Å².